The number of hydrogen-bond donors (Lipinski definition) is 1. The Morgan fingerprint density at radius 2 is 1.96 bits per heavy atom. The van der Waals surface area contributed by atoms with E-state index in [1.165, 1.54) is 12.0 Å². The molecule has 1 aromatic heterocycles. The summed E-state index contributed by atoms with van der Waals surface area (Å²) in [5.74, 6) is -0.186. The SMILES string of the molecule is COC(=O)CN1C(=O)[C@@H](NC(=O)Cc2ccccc2)[C@H]1CCc1ccco1. The zero-order chi connectivity index (χ0) is 19.2. The summed E-state index contributed by atoms with van der Waals surface area (Å²) in [5.41, 5.74) is 0.875. The van der Waals surface area contributed by atoms with E-state index in [4.69, 9.17) is 4.42 Å². The molecule has 1 fully saturated rings. The number of β-lactam (4-membered cyclic amide) rings is 1. The van der Waals surface area contributed by atoms with Crippen LogP contribution >= 0.6 is 0 Å². The van der Waals surface area contributed by atoms with Crippen LogP contribution < -0.4 is 5.32 Å². The van der Waals surface area contributed by atoms with Gasteiger partial charge in [0, 0.05) is 6.42 Å². The van der Waals surface area contributed by atoms with Crippen molar-refractivity contribution in [3.05, 3.63) is 60.1 Å². The Bertz CT molecular complexity index is 788. The van der Waals surface area contributed by atoms with Crippen LogP contribution in [-0.4, -0.2) is 48.4 Å². The summed E-state index contributed by atoms with van der Waals surface area (Å²) in [6.07, 6.45) is 2.97. The molecule has 142 valence electrons. The third-order valence-electron chi connectivity index (χ3n) is 4.65. The van der Waals surface area contributed by atoms with E-state index in [-0.39, 0.29) is 30.8 Å². The second kappa shape index (κ2) is 8.53. The predicted octanol–water partition coefficient (Wildman–Crippen LogP) is 1.32. The van der Waals surface area contributed by atoms with E-state index in [0.717, 1.165) is 11.3 Å². The molecule has 1 aliphatic rings. The maximum atomic E-state index is 12.5. The van der Waals surface area contributed by atoms with Crippen molar-refractivity contribution in [1.82, 2.24) is 10.2 Å². The molecule has 0 unspecified atom stereocenters. The fourth-order valence-corrected chi connectivity index (χ4v) is 3.23. The van der Waals surface area contributed by atoms with Crippen LogP contribution in [0.4, 0.5) is 0 Å². The van der Waals surface area contributed by atoms with Crippen LogP contribution in [-0.2, 0) is 32.0 Å². The normalized spacial score (nSPS) is 18.7. The molecular formula is C20H22N2O5. The van der Waals surface area contributed by atoms with Crippen LogP contribution in [0, 0.1) is 0 Å². The Morgan fingerprint density at radius 1 is 1.19 bits per heavy atom. The number of hydrogen-bond acceptors (Lipinski definition) is 5. The molecule has 0 bridgehead atoms. The molecule has 1 aliphatic heterocycles. The van der Waals surface area contributed by atoms with Crippen molar-refractivity contribution < 1.29 is 23.5 Å². The van der Waals surface area contributed by atoms with Crippen LogP contribution in [0.15, 0.2) is 53.1 Å². The minimum atomic E-state index is -0.638. The van der Waals surface area contributed by atoms with Gasteiger partial charge in [-0.15, -0.1) is 0 Å². The fourth-order valence-electron chi connectivity index (χ4n) is 3.23. The fraction of sp³-hybridized carbons (Fsp3) is 0.350. The number of carbonyl (C=O) groups is 3. The number of aryl methyl sites for hydroxylation is 1. The van der Waals surface area contributed by atoms with Gasteiger partial charge in [0.2, 0.25) is 11.8 Å². The lowest BCUT2D eigenvalue weighted by atomic mass is 9.90. The molecule has 1 N–H and O–H groups in total. The Morgan fingerprint density at radius 3 is 2.63 bits per heavy atom. The molecule has 7 nitrogen and oxygen atoms in total. The molecule has 0 radical (unpaired) electrons. The molecule has 0 saturated carbocycles. The molecule has 3 rings (SSSR count). The standard InChI is InChI=1S/C20H22N2O5/c1-26-18(24)13-22-16(10-9-15-8-5-11-27-15)19(20(22)25)21-17(23)12-14-6-3-2-4-7-14/h2-8,11,16,19H,9-10,12-13H2,1H3,(H,21,23)/t16-,19+/m1/s1. The van der Waals surface area contributed by atoms with Gasteiger partial charge < -0.3 is 19.4 Å². The first kappa shape index (κ1) is 18.7. The molecule has 1 saturated heterocycles. The number of amides is 2. The number of carbonyl (C=O) groups excluding carboxylic acids is 3. The summed E-state index contributed by atoms with van der Waals surface area (Å²) in [6.45, 7) is -0.122. The van der Waals surface area contributed by atoms with Gasteiger partial charge in [-0.2, -0.15) is 0 Å². The molecule has 0 aliphatic carbocycles. The summed E-state index contributed by atoms with van der Waals surface area (Å²) < 4.78 is 9.99. The molecular weight excluding hydrogens is 348 g/mol. The van der Waals surface area contributed by atoms with Gasteiger partial charge in [-0.1, -0.05) is 30.3 Å². The van der Waals surface area contributed by atoms with Crippen molar-refractivity contribution in [2.45, 2.75) is 31.3 Å². The summed E-state index contributed by atoms with van der Waals surface area (Å²) in [4.78, 5) is 37.8. The van der Waals surface area contributed by atoms with Gasteiger partial charge in [-0.05, 0) is 24.1 Å². The quantitative estimate of drug-likeness (QED) is 0.559. The van der Waals surface area contributed by atoms with Crippen LogP contribution in [0.3, 0.4) is 0 Å². The molecule has 27 heavy (non-hydrogen) atoms. The van der Waals surface area contributed by atoms with Crippen molar-refractivity contribution in [1.29, 1.82) is 0 Å². The van der Waals surface area contributed by atoms with Crippen molar-refractivity contribution in [2.24, 2.45) is 0 Å². The van der Waals surface area contributed by atoms with E-state index < -0.39 is 12.0 Å². The van der Waals surface area contributed by atoms with Gasteiger partial charge >= 0.3 is 5.97 Å². The van der Waals surface area contributed by atoms with Crippen molar-refractivity contribution in [3.63, 3.8) is 0 Å². The smallest absolute Gasteiger partial charge is 0.325 e. The number of ether oxygens (including phenoxy) is 1. The van der Waals surface area contributed by atoms with E-state index in [0.29, 0.717) is 12.8 Å². The number of furan rings is 1. The first-order valence-corrected chi connectivity index (χ1v) is 8.81. The molecule has 7 heteroatoms. The molecule has 0 spiro atoms. The lowest BCUT2D eigenvalue weighted by Gasteiger charge is -2.46. The van der Waals surface area contributed by atoms with Crippen molar-refractivity contribution in [3.8, 4) is 0 Å². The third-order valence-corrected chi connectivity index (χ3v) is 4.65. The van der Waals surface area contributed by atoms with Gasteiger partial charge in [0.25, 0.3) is 0 Å². The Balaban J connectivity index is 1.62. The highest BCUT2D eigenvalue weighted by Crippen LogP contribution is 2.25. The zero-order valence-corrected chi connectivity index (χ0v) is 15.1. The summed E-state index contributed by atoms with van der Waals surface area (Å²) >= 11 is 0. The number of esters is 1. The highest BCUT2D eigenvalue weighted by atomic mass is 16.5. The molecule has 2 amide bonds. The van der Waals surface area contributed by atoms with Crippen LogP contribution in [0.25, 0.3) is 0 Å². The van der Waals surface area contributed by atoms with Crippen LogP contribution in [0.5, 0.6) is 0 Å². The summed E-state index contributed by atoms with van der Waals surface area (Å²) in [6, 6.07) is 12.1. The van der Waals surface area contributed by atoms with Gasteiger partial charge in [-0.3, -0.25) is 14.4 Å². The number of nitrogens with one attached hydrogen (secondary N) is 1. The number of likely N-dealkylation sites (tertiary alicyclic amines) is 1. The minimum absolute atomic E-state index is 0.122. The average molecular weight is 370 g/mol. The Labute approximate surface area is 157 Å². The van der Waals surface area contributed by atoms with Crippen molar-refractivity contribution in [2.75, 3.05) is 13.7 Å². The maximum Gasteiger partial charge on any atom is 0.325 e. The minimum Gasteiger partial charge on any atom is -0.469 e. The Hall–Kier alpha value is -3.09. The monoisotopic (exact) mass is 370 g/mol. The maximum absolute atomic E-state index is 12.5. The molecule has 1 aromatic carbocycles. The molecule has 2 heterocycles. The third kappa shape index (κ3) is 4.55. The van der Waals surface area contributed by atoms with Gasteiger partial charge in [0.15, 0.2) is 0 Å². The zero-order valence-electron chi connectivity index (χ0n) is 15.1. The predicted molar refractivity (Wildman–Crippen MR) is 96.6 cm³/mol. The second-order valence-electron chi connectivity index (χ2n) is 6.44. The summed E-state index contributed by atoms with van der Waals surface area (Å²) in [7, 11) is 1.28. The van der Waals surface area contributed by atoms with Crippen LogP contribution in [0.2, 0.25) is 0 Å². The van der Waals surface area contributed by atoms with Gasteiger partial charge in [0.1, 0.15) is 18.3 Å². The lowest BCUT2D eigenvalue weighted by molar-refractivity contribution is -0.161. The largest absolute Gasteiger partial charge is 0.469 e. The van der Waals surface area contributed by atoms with Crippen LogP contribution in [0.1, 0.15) is 17.7 Å². The molecule has 2 atom stereocenters. The Kier molecular flexibility index (Phi) is 5.90. The van der Waals surface area contributed by atoms with E-state index >= 15 is 0 Å². The number of methoxy groups -OCH3 is 1. The first-order valence-electron chi connectivity index (χ1n) is 8.81. The topological polar surface area (TPSA) is 88.9 Å². The lowest BCUT2D eigenvalue weighted by Crippen LogP contribution is -2.71. The number of nitrogens with zero attached hydrogens (tertiary/aromatic N) is 1. The van der Waals surface area contributed by atoms with E-state index in [1.54, 1.807) is 12.3 Å². The first-order chi connectivity index (χ1) is 13.1. The average Bonchev–Trinajstić information content (AvgIpc) is 3.20. The number of rotatable bonds is 8. The van der Waals surface area contributed by atoms with Gasteiger partial charge in [-0.25, -0.2) is 0 Å². The molecule has 2 aromatic rings. The van der Waals surface area contributed by atoms with Gasteiger partial charge in [0.05, 0.1) is 25.8 Å². The van der Waals surface area contributed by atoms with E-state index in [9.17, 15) is 14.4 Å². The highest BCUT2D eigenvalue weighted by molar-refractivity contribution is 5.95. The second-order valence-corrected chi connectivity index (χ2v) is 6.44. The number of benzene rings is 1. The van der Waals surface area contributed by atoms with E-state index in [2.05, 4.69) is 10.1 Å². The van der Waals surface area contributed by atoms with Crippen molar-refractivity contribution >= 4 is 17.8 Å². The van der Waals surface area contributed by atoms with E-state index in [1.807, 2.05) is 36.4 Å². The highest BCUT2D eigenvalue weighted by Gasteiger charge is 2.48. The summed E-state index contributed by atoms with van der Waals surface area (Å²) in [5, 5.41) is 2.80.